The van der Waals surface area contributed by atoms with Crippen LogP contribution in [0, 0.1) is 17.8 Å². The molecule has 3 fully saturated rings. The molecule has 2 aromatic rings. The fourth-order valence-electron chi connectivity index (χ4n) is 7.60. The summed E-state index contributed by atoms with van der Waals surface area (Å²) in [7, 11) is -2.73. The molecule has 0 unspecified atom stereocenters. The number of sulfonamides is 1. The van der Waals surface area contributed by atoms with Gasteiger partial charge in [-0.15, -0.1) is 0 Å². The van der Waals surface area contributed by atoms with Crippen LogP contribution in [0.2, 0.25) is 0 Å². The number of alkyl halides is 3. The number of rotatable bonds is 7. The Morgan fingerprint density at radius 3 is 2.40 bits per heavy atom. The van der Waals surface area contributed by atoms with Crippen molar-refractivity contribution in [1.29, 1.82) is 0 Å². The Labute approximate surface area is 335 Å². The van der Waals surface area contributed by atoms with Crippen LogP contribution in [-0.4, -0.2) is 94.8 Å². The Hall–Kier alpha value is -4.68. The van der Waals surface area contributed by atoms with Crippen LogP contribution in [0.25, 0.3) is 11.0 Å². The molecular formula is C39H51F3N6O9S. The highest BCUT2D eigenvalue weighted by molar-refractivity contribution is 7.91. The van der Waals surface area contributed by atoms with Gasteiger partial charge in [-0.25, -0.2) is 23.2 Å². The number of fused-ring (bicyclic) bond motifs is 3. The van der Waals surface area contributed by atoms with Crippen molar-refractivity contribution >= 4 is 44.9 Å². The number of halogens is 3. The fourth-order valence-corrected chi connectivity index (χ4v) is 8.91. The molecule has 58 heavy (non-hydrogen) atoms. The van der Waals surface area contributed by atoms with Crippen LogP contribution < -0.4 is 24.8 Å². The van der Waals surface area contributed by atoms with Crippen LogP contribution in [0.15, 0.2) is 30.4 Å². The lowest BCUT2D eigenvalue weighted by molar-refractivity contribution is -0.143. The largest absolute Gasteiger partial charge is 0.497 e. The lowest BCUT2D eigenvalue weighted by Gasteiger charge is -2.33. The molecular weight excluding hydrogens is 786 g/mol. The van der Waals surface area contributed by atoms with E-state index < -0.39 is 104 Å². The van der Waals surface area contributed by atoms with Gasteiger partial charge < -0.3 is 29.7 Å². The number of benzene rings is 1. The number of alkyl carbamates (subject to hydrolysis) is 1. The van der Waals surface area contributed by atoms with E-state index >= 15 is 0 Å². The summed E-state index contributed by atoms with van der Waals surface area (Å²) >= 11 is 0. The van der Waals surface area contributed by atoms with E-state index in [1.54, 1.807) is 33.8 Å². The molecule has 7 atom stereocenters. The van der Waals surface area contributed by atoms with Crippen molar-refractivity contribution in [2.45, 2.75) is 127 Å². The molecule has 15 nitrogen and oxygen atoms in total. The monoisotopic (exact) mass is 836 g/mol. The molecule has 318 valence electrons. The summed E-state index contributed by atoms with van der Waals surface area (Å²) in [5, 5.41) is 5.41. The van der Waals surface area contributed by atoms with E-state index in [1.165, 1.54) is 32.2 Å². The number of allylic oxidation sites excluding steroid dienone is 1. The van der Waals surface area contributed by atoms with Gasteiger partial charge in [0.15, 0.2) is 0 Å². The summed E-state index contributed by atoms with van der Waals surface area (Å²) in [4.78, 5) is 65.3. The van der Waals surface area contributed by atoms with Gasteiger partial charge in [-0.05, 0) is 90.2 Å². The highest BCUT2D eigenvalue weighted by Gasteiger charge is 2.63. The molecule has 0 radical (unpaired) electrons. The smallest absolute Gasteiger partial charge is 0.438 e. The maximum atomic E-state index is 14.7. The molecule has 1 aromatic heterocycles. The van der Waals surface area contributed by atoms with Gasteiger partial charge >= 0.3 is 12.3 Å². The van der Waals surface area contributed by atoms with Gasteiger partial charge in [0.1, 0.15) is 35.1 Å². The summed E-state index contributed by atoms with van der Waals surface area (Å²) in [6.45, 7) is 9.82. The number of ether oxygens (including phenoxy) is 3. The lowest BCUT2D eigenvalue weighted by atomic mass is 9.88. The first-order valence-electron chi connectivity index (χ1n) is 19.4. The van der Waals surface area contributed by atoms with Gasteiger partial charge in [0.05, 0.1) is 29.4 Å². The molecule has 4 amide bonds. The molecule has 3 N–H and O–H groups in total. The zero-order chi connectivity index (χ0) is 42.6. The molecule has 2 aliphatic carbocycles. The van der Waals surface area contributed by atoms with Gasteiger partial charge in [0, 0.05) is 18.4 Å². The normalized spacial score (nSPS) is 29.4. The van der Waals surface area contributed by atoms with Gasteiger partial charge in [-0.3, -0.25) is 19.1 Å². The second kappa shape index (κ2) is 15.5. The standard InChI is InChI=1S/C39H51F3N6O9S/c1-21-10-8-9-11-23-19-38(23,34(51)47-58(53,54)37(6)14-15-37)46-31(49)28-18-25(20-48(28)33(50)29(22(2)16-21)45-35(52)57-36(3,4)5)56-32-30(39(40,41)42)43-26-13-12-24(55-7)17-27(26)44-32/h9,11-13,17,21-23,25,28-29H,8,10,14-16,18-20H2,1-7H3,(H,45,52)(H,46,49)(H,47,51)/b11-9-/t21-,22-,23-,25-,28+,29+,38-/m1/s1. The molecule has 2 saturated carbocycles. The van der Waals surface area contributed by atoms with E-state index in [0.29, 0.717) is 37.9 Å². The Kier molecular flexibility index (Phi) is 11.5. The molecule has 0 spiro atoms. The molecule has 6 rings (SSSR count). The van der Waals surface area contributed by atoms with Crippen molar-refractivity contribution in [2.24, 2.45) is 17.8 Å². The zero-order valence-electron chi connectivity index (χ0n) is 33.6. The second-order valence-electron chi connectivity index (χ2n) is 17.3. The molecule has 4 aliphatic rings. The topological polar surface area (TPSA) is 195 Å². The minimum atomic E-state index is -5.01. The van der Waals surface area contributed by atoms with Crippen LogP contribution in [-0.2, 0) is 35.3 Å². The minimum absolute atomic E-state index is 0.0318. The maximum absolute atomic E-state index is 14.7. The van der Waals surface area contributed by atoms with Crippen LogP contribution in [0.3, 0.4) is 0 Å². The van der Waals surface area contributed by atoms with Gasteiger partial charge in [0.25, 0.3) is 5.91 Å². The van der Waals surface area contributed by atoms with Crippen LogP contribution >= 0.6 is 0 Å². The van der Waals surface area contributed by atoms with Crippen molar-refractivity contribution < 1.29 is 55.0 Å². The quantitative estimate of drug-likeness (QED) is 0.325. The average Bonchev–Trinajstić information content (AvgIpc) is 4.00. The summed E-state index contributed by atoms with van der Waals surface area (Å²) < 4.78 is 87.3. The maximum Gasteiger partial charge on any atom is 0.438 e. The molecule has 0 bridgehead atoms. The number of amides is 4. The molecule has 19 heteroatoms. The summed E-state index contributed by atoms with van der Waals surface area (Å²) in [6, 6.07) is 1.45. The Morgan fingerprint density at radius 1 is 1.05 bits per heavy atom. The molecule has 2 aliphatic heterocycles. The van der Waals surface area contributed by atoms with Crippen molar-refractivity contribution in [3.8, 4) is 11.6 Å². The van der Waals surface area contributed by atoms with E-state index in [9.17, 15) is 40.8 Å². The number of carbonyl (C=O) groups excluding carboxylic acids is 4. The summed E-state index contributed by atoms with van der Waals surface area (Å²) in [5.74, 6) is -4.17. The first-order chi connectivity index (χ1) is 26.9. The molecule has 3 heterocycles. The SMILES string of the molecule is COc1ccc2nc(C(F)(F)F)c(O[C@@H]3C[C@H]4C(=O)N[C@]5(C(=O)NS(=O)(=O)C6(C)CC6)C[C@H]5/C=C\CC[C@@H](C)C[C@@H](C)[C@H](NC(=O)OC(C)(C)C)C(=O)N4C3)nc2c1. The highest BCUT2D eigenvalue weighted by atomic mass is 32.2. The lowest BCUT2D eigenvalue weighted by Crippen LogP contribution is -2.59. The Morgan fingerprint density at radius 2 is 1.76 bits per heavy atom. The molecule has 1 aromatic carbocycles. The number of nitrogens with zero attached hydrogens (tertiary/aromatic N) is 3. The number of aromatic nitrogens is 2. The number of methoxy groups -OCH3 is 1. The number of nitrogens with one attached hydrogen (secondary N) is 3. The average molecular weight is 837 g/mol. The van der Waals surface area contributed by atoms with E-state index in [0.717, 1.165) is 4.90 Å². The zero-order valence-corrected chi connectivity index (χ0v) is 34.4. The Balaban J connectivity index is 1.38. The minimum Gasteiger partial charge on any atom is -0.497 e. The van der Waals surface area contributed by atoms with Crippen LogP contribution in [0.5, 0.6) is 11.6 Å². The van der Waals surface area contributed by atoms with Crippen molar-refractivity contribution in [3.63, 3.8) is 0 Å². The van der Waals surface area contributed by atoms with Crippen LogP contribution in [0.4, 0.5) is 18.0 Å². The third kappa shape index (κ3) is 9.13. The van der Waals surface area contributed by atoms with Gasteiger partial charge in [-0.2, -0.15) is 13.2 Å². The van der Waals surface area contributed by atoms with E-state index in [1.807, 2.05) is 13.0 Å². The number of hydrogen-bond acceptors (Lipinski definition) is 11. The third-order valence-electron chi connectivity index (χ3n) is 11.3. The van der Waals surface area contributed by atoms with E-state index in [2.05, 4.69) is 25.3 Å². The number of hydrogen-bond donors (Lipinski definition) is 3. The Bertz CT molecular complexity index is 2110. The van der Waals surface area contributed by atoms with Gasteiger partial charge in [0.2, 0.25) is 33.4 Å². The van der Waals surface area contributed by atoms with Crippen molar-refractivity contribution in [1.82, 2.24) is 30.2 Å². The highest BCUT2D eigenvalue weighted by Crippen LogP contribution is 2.48. The van der Waals surface area contributed by atoms with Crippen molar-refractivity contribution in [2.75, 3.05) is 13.7 Å². The number of carbonyl (C=O) groups is 4. The third-order valence-corrected chi connectivity index (χ3v) is 13.5. The van der Waals surface area contributed by atoms with E-state index in [-0.39, 0.29) is 29.8 Å². The second-order valence-corrected chi connectivity index (χ2v) is 19.5. The predicted octanol–water partition coefficient (Wildman–Crippen LogP) is 4.78. The van der Waals surface area contributed by atoms with E-state index in [4.69, 9.17) is 14.2 Å². The predicted molar refractivity (Wildman–Crippen MR) is 204 cm³/mol. The molecule has 1 saturated heterocycles. The van der Waals surface area contributed by atoms with Gasteiger partial charge in [-0.1, -0.05) is 26.0 Å². The van der Waals surface area contributed by atoms with Crippen LogP contribution in [0.1, 0.15) is 92.2 Å². The summed E-state index contributed by atoms with van der Waals surface area (Å²) in [5.41, 5.74) is -4.09. The van der Waals surface area contributed by atoms with Crippen molar-refractivity contribution in [3.05, 3.63) is 36.0 Å². The fraction of sp³-hybridized carbons (Fsp3) is 0.641. The first kappa shape index (κ1) is 42.9. The summed E-state index contributed by atoms with van der Waals surface area (Å²) in [6.07, 6.45) is -1.38. The first-order valence-corrected chi connectivity index (χ1v) is 20.9.